The van der Waals surface area contributed by atoms with Crippen molar-refractivity contribution in [3.8, 4) is 6.07 Å². The first-order valence-corrected chi connectivity index (χ1v) is 8.17. The second kappa shape index (κ2) is 4.56. The Morgan fingerprint density at radius 3 is 2.44 bits per heavy atom. The molecule has 0 amide bonds. The van der Waals surface area contributed by atoms with Crippen LogP contribution in [0.5, 0.6) is 0 Å². The van der Waals surface area contributed by atoms with E-state index in [0.29, 0.717) is 18.5 Å². The number of anilines is 1. The molecule has 0 aromatic heterocycles. The van der Waals surface area contributed by atoms with Crippen molar-refractivity contribution in [3.63, 3.8) is 0 Å². The van der Waals surface area contributed by atoms with Crippen molar-refractivity contribution in [2.75, 3.05) is 17.2 Å². The minimum Gasteiger partial charge on any atom is -0.398 e. The van der Waals surface area contributed by atoms with Crippen molar-refractivity contribution in [1.29, 1.82) is 5.26 Å². The summed E-state index contributed by atoms with van der Waals surface area (Å²) in [6, 6.07) is 7.65. The molecule has 1 aromatic rings. The van der Waals surface area contributed by atoms with Gasteiger partial charge in [-0.2, -0.15) is 5.26 Å². The number of hydrogen-bond acceptors (Lipinski definition) is 4. The van der Waals surface area contributed by atoms with E-state index in [-0.39, 0.29) is 11.5 Å². The summed E-state index contributed by atoms with van der Waals surface area (Å²) in [5, 5.41) is 9.43. The average molecular weight is 329 g/mol. The fourth-order valence-electron chi connectivity index (χ4n) is 2.18. The van der Waals surface area contributed by atoms with Gasteiger partial charge in [0.15, 0.2) is 0 Å². The van der Waals surface area contributed by atoms with Gasteiger partial charge in [0.25, 0.3) is 0 Å². The molecule has 1 heterocycles. The lowest BCUT2D eigenvalue weighted by atomic mass is 9.77. The van der Waals surface area contributed by atoms with Gasteiger partial charge < -0.3 is 5.73 Å². The number of rotatable bonds is 1. The van der Waals surface area contributed by atoms with Gasteiger partial charge in [0.1, 0.15) is 9.84 Å². The predicted octanol–water partition coefficient (Wildman–Crippen LogP) is 2.00. The van der Waals surface area contributed by atoms with Crippen molar-refractivity contribution in [1.82, 2.24) is 0 Å². The molecule has 2 rings (SSSR count). The van der Waals surface area contributed by atoms with E-state index in [1.54, 1.807) is 12.1 Å². The molecule has 0 radical (unpaired) electrons. The summed E-state index contributed by atoms with van der Waals surface area (Å²) >= 11 is 3.34. The monoisotopic (exact) mass is 328 g/mol. The third-order valence-corrected chi connectivity index (χ3v) is 5.79. The van der Waals surface area contributed by atoms with E-state index in [0.717, 1.165) is 10.0 Å². The molecule has 2 N–H and O–H groups in total. The summed E-state index contributed by atoms with van der Waals surface area (Å²) < 4.78 is 23.7. The van der Waals surface area contributed by atoms with Crippen molar-refractivity contribution in [2.24, 2.45) is 0 Å². The van der Waals surface area contributed by atoms with E-state index >= 15 is 0 Å². The van der Waals surface area contributed by atoms with Crippen molar-refractivity contribution < 1.29 is 8.42 Å². The quantitative estimate of drug-likeness (QED) is 0.799. The minimum absolute atomic E-state index is 0.0720. The van der Waals surface area contributed by atoms with Gasteiger partial charge in [0, 0.05) is 10.2 Å². The highest BCUT2D eigenvalue weighted by Gasteiger charge is 2.39. The molecule has 4 nitrogen and oxygen atoms in total. The molecule has 1 fully saturated rings. The Hall–Kier alpha value is -1.06. The van der Waals surface area contributed by atoms with E-state index < -0.39 is 15.3 Å². The third kappa shape index (κ3) is 2.38. The number of nitrogens with two attached hydrogens (primary N) is 1. The number of sulfone groups is 1. The Morgan fingerprint density at radius 2 is 1.94 bits per heavy atom. The molecular weight excluding hydrogens is 316 g/mol. The summed E-state index contributed by atoms with van der Waals surface area (Å²) in [4.78, 5) is 0. The standard InChI is InChI=1S/C12H13BrN2O2S/c13-10-7-9(1-2-11(10)15)12(8-14)3-5-18(16,17)6-4-12/h1-2,7H,3-6,15H2. The van der Waals surface area contributed by atoms with Crippen LogP contribution in [0.4, 0.5) is 5.69 Å². The van der Waals surface area contributed by atoms with Gasteiger partial charge in [-0.3, -0.25) is 0 Å². The molecule has 18 heavy (non-hydrogen) atoms. The number of halogens is 1. The first kappa shape index (κ1) is 13.4. The molecule has 0 spiro atoms. The highest BCUT2D eigenvalue weighted by atomic mass is 79.9. The molecule has 1 aliphatic heterocycles. The maximum Gasteiger partial charge on any atom is 0.150 e. The molecular formula is C12H13BrN2O2S. The summed E-state index contributed by atoms with van der Waals surface area (Å²) in [7, 11) is -2.98. The van der Waals surface area contributed by atoms with Crippen molar-refractivity contribution >= 4 is 31.5 Å². The Labute approximate surface area is 115 Å². The SMILES string of the molecule is N#CC1(c2ccc(N)c(Br)c2)CCS(=O)(=O)CC1. The maximum absolute atomic E-state index is 11.5. The Bertz CT molecular complexity index is 605. The van der Waals surface area contributed by atoms with Crippen LogP contribution in [0, 0.1) is 11.3 Å². The topological polar surface area (TPSA) is 83.9 Å². The lowest BCUT2D eigenvalue weighted by Gasteiger charge is -2.31. The molecule has 96 valence electrons. The molecule has 0 bridgehead atoms. The van der Waals surface area contributed by atoms with Crippen molar-refractivity contribution in [2.45, 2.75) is 18.3 Å². The van der Waals surface area contributed by atoms with Gasteiger partial charge in [0.05, 0.1) is 23.0 Å². The van der Waals surface area contributed by atoms with Crippen LogP contribution in [0.25, 0.3) is 0 Å². The molecule has 0 saturated carbocycles. The molecule has 0 unspecified atom stereocenters. The van der Waals surface area contributed by atoms with Gasteiger partial charge >= 0.3 is 0 Å². The fourth-order valence-corrected chi connectivity index (χ4v) is 4.08. The lowest BCUT2D eigenvalue weighted by molar-refractivity contribution is 0.477. The first-order valence-electron chi connectivity index (χ1n) is 5.56. The number of hydrogen-bond donors (Lipinski definition) is 1. The first-order chi connectivity index (χ1) is 8.38. The third-order valence-electron chi connectivity index (χ3n) is 3.45. The number of nitriles is 1. The van der Waals surface area contributed by atoms with Crippen LogP contribution in [0.1, 0.15) is 18.4 Å². The lowest BCUT2D eigenvalue weighted by Crippen LogP contribution is -2.35. The second-order valence-electron chi connectivity index (χ2n) is 4.58. The van der Waals surface area contributed by atoms with E-state index in [2.05, 4.69) is 22.0 Å². The molecule has 1 aromatic carbocycles. The van der Waals surface area contributed by atoms with Crippen LogP contribution in [-0.4, -0.2) is 19.9 Å². The zero-order valence-corrected chi connectivity index (χ0v) is 12.1. The van der Waals surface area contributed by atoms with Crippen LogP contribution in [0.15, 0.2) is 22.7 Å². The molecule has 1 saturated heterocycles. The average Bonchev–Trinajstić information content (AvgIpc) is 2.34. The van der Waals surface area contributed by atoms with Gasteiger partial charge in [-0.25, -0.2) is 8.42 Å². The van der Waals surface area contributed by atoms with Gasteiger partial charge in [-0.1, -0.05) is 6.07 Å². The van der Waals surface area contributed by atoms with Crippen LogP contribution < -0.4 is 5.73 Å². The second-order valence-corrected chi connectivity index (χ2v) is 7.74. The van der Waals surface area contributed by atoms with Gasteiger partial charge in [-0.05, 0) is 46.5 Å². The highest BCUT2D eigenvalue weighted by Crippen LogP contribution is 2.37. The smallest absolute Gasteiger partial charge is 0.150 e. The van der Waals surface area contributed by atoms with E-state index in [4.69, 9.17) is 5.73 Å². The number of nitrogen functional groups attached to an aromatic ring is 1. The van der Waals surface area contributed by atoms with Crippen LogP contribution >= 0.6 is 15.9 Å². The molecule has 0 atom stereocenters. The van der Waals surface area contributed by atoms with Crippen LogP contribution in [0.2, 0.25) is 0 Å². The van der Waals surface area contributed by atoms with Crippen molar-refractivity contribution in [3.05, 3.63) is 28.2 Å². The van der Waals surface area contributed by atoms with E-state index in [9.17, 15) is 13.7 Å². The predicted molar refractivity (Wildman–Crippen MR) is 73.7 cm³/mol. The number of nitrogens with zero attached hydrogens (tertiary/aromatic N) is 1. The molecule has 6 heteroatoms. The summed E-state index contributed by atoms with van der Waals surface area (Å²) in [5.74, 6) is 0.144. The Morgan fingerprint density at radius 1 is 1.33 bits per heavy atom. The Balaban J connectivity index is 2.40. The zero-order chi connectivity index (χ0) is 13.4. The molecule has 1 aliphatic rings. The molecule has 0 aliphatic carbocycles. The van der Waals surface area contributed by atoms with Crippen LogP contribution in [-0.2, 0) is 15.3 Å². The van der Waals surface area contributed by atoms with E-state index in [1.165, 1.54) is 0 Å². The largest absolute Gasteiger partial charge is 0.398 e. The minimum atomic E-state index is -2.98. The van der Waals surface area contributed by atoms with E-state index in [1.807, 2.05) is 6.07 Å². The van der Waals surface area contributed by atoms with Crippen LogP contribution in [0.3, 0.4) is 0 Å². The summed E-state index contributed by atoms with van der Waals surface area (Å²) in [6.45, 7) is 0. The fraction of sp³-hybridized carbons (Fsp3) is 0.417. The summed E-state index contributed by atoms with van der Waals surface area (Å²) in [6.07, 6.45) is 0.699. The maximum atomic E-state index is 11.5. The normalized spacial score (nSPS) is 21.1. The summed E-state index contributed by atoms with van der Waals surface area (Å²) in [5.41, 5.74) is 6.45. The highest BCUT2D eigenvalue weighted by molar-refractivity contribution is 9.10. The van der Waals surface area contributed by atoms with Gasteiger partial charge in [0.2, 0.25) is 0 Å². The number of benzene rings is 1. The zero-order valence-electron chi connectivity index (χ0n) is 9.69. The Kier molecular flexibility index (Phi) is 3.39. The van der Waals surface area contributed by atoms with Gasteiger partial charge in [-0.15, -0.1) is 0 Å².